The summed E-state index contributed by atoms with van der Waals surface area (Å²) < 4.78 is 10.2. The van der Waals surface area contributed by atoms with Gasteiger partial charge in [-0.3, -0.25) is 0 Å². The Morgan fingerprint density at radius 1 is 1.60 bits per heavy atom. The molecule has 0 unspecified atom stereocenters. The van der Waals surface area contributed by atoms with E-state index in [4.69, 9.17) is 14.7 Å². The molecule has 0 radical (unpaired) electrons. The summed E-state index contributed by atoms with van der Waals surface area (Å²) in [7, 11) is 0. The van der Waals surface area contributed by atoms with Crippen molar-refractivity contribution in [2.75, 3.05) is 13.2 Å². The van der Waals surface area contributed by atoms with Crippen LogP contribution < -0.4 is 5.32 Å². The lowest BCUT2D eigenvalue weighted by molar-refractivity contribution is 0.0471. The van der Waals surface area contributed by atoms with Crippen LogP contribution in [0.4, 0.5) is 4.79 Å². The molecule has 0 aromatic heterocycles. The molecule has 0 aromatic carbocycles. The average molecular weight is 212 g/mol. The summed E-state index contributed by atoms with van der Waals surface area (Å²) in [4.78, 5) is 11.4. The fourth-order valence-electron chi connectivity index (χ4n) is 1.28. The van der Waals surface area contributed by atoms with Crippen LogP contribution >= 0.6 is 0 Å². The minimum atomic E-state index is -0.914. The SMILES string of the molecule is CC(C)(C)OC(=O)N[C@]1(C#N)CCOC1. The monoisotopic (exact) mass is 212 g/mol. The third-order valence-corrected chi connectivity index (χ3v) is 1.98. The fraction of sp³-hybridized carbons (Fsp3) is 0.800. The van der Waals surface area contributed by atoms with Crippen molar-refractivity contribution < 1.29 is 14.3 Å². The van der Waals surface area contributed by atoms with E-state index in [1.807, 2.05) is 0 Å². The molecule has 1 rings (SSSR count). The number of carbonyl (C=O) groups excluding carboxylic acids is 1. The van der Waals surface area contributed by atoms with Gasteiger partial charge >= 0.3 is 6.09 Å². The summed E-state index contributed by atoms with van der Waals surface area (Å²) in [5.41, 5.74) is -1.47. The van der Waals surface area contributed by atoms with Crippen LogP contribution in [0.3, 0.4) is 0 Å². The summed E-state index contributed by atoms with van der Waals surface area (Å²) in [6, 6.07) is 2.06. The molecule has 1 aliphatic heterocycles. The minimum Gasteiger partial charge on any atom is -0.444 e. The zero-order valence-electron chi connectivity index (χ0n) is 9.29. The Balaban J connectivity index is 2.54. The number of alkyl carbamates (subject to hydrolysis) is 1. The number of hydrogen-bond donors (Lipinski definition) is 1. The van der Waals surface area contributed by atoms with Crippen LogP contribution in [-0.2, 0) is 9.47 Å². The van der Waals surface area contributed by atoms with Crippen LogP contribution in [0.1, 0.15) is 27.2 Å². The molecule has 15 heavy (non-hydrogen) atoms. The van der Waals surface area contributed by atoms with Crippen LogP contribution in [-0.4, -0.2) is 30.4 Å². The van der Waals surface area contributed by atoms with E-state index in [2.05, 4.69) is 11.4 Å². The first-order valence-electron chi connectivity index (χ1n) is 4.87. The second-order valence-corrected chi connectivity index (χ2v) is 4.62. The molecule has 1 atom stereocenters. The van der Waals surface area contributed by atoms with Crippen molar-refractivity contribution in [1.82, 2.24) is 5.32 Å². The molecule has 0 saturated carbocycles. The first-order chi connectivity index (χ1) is 6.87. The molecule has 0 aromatic rings. The fourth-order valence-corrected chi connectivity index (χ4v) is 1.28. The number of amides is 1. The van der Waals surface area contributed by atoms with Crippen molar-refractivity contribution in [3.8, 4) is 6.07 Å². The Hall–Kier alpha value is -1.28. The van der Waals surface area contributed by atoms with Gasteiger partial charge in [0.25, 0.3) is 0 Å². The molecule has 5 nitrogen and oxygen atoms in total. The third-order valence-electron chi connectivity index (χ3n) is 1.98. The van der Waals surface area contributed by atoms with Crippen LogP contribution in [0.25, 0.3) is 0 Å². The van der Waals surface area contributed by atoms with Crippen LogP contribution in [0.15, 0.2) is 0 Å². The number of carbonyl (C=O) groups is 1. The van der Waals surface area contributed by atoms with Gasteiger partial charge in [0.2, 0.25) is 0 Å². The number of rotatable bonds is 1. The normalized spacial score (nSPS) is 25.7. The molecule has 1 N–H and O–H groups in total. The Kier molecular flexibility index (Phi) is 3.20. The molecule has 1 aliphatic rings. The van der Waals surface area contributed by atoms with Gasteiger partial charge < -0.3 is 14.8 Å². The van der Waals surface area contributed by atoms with Crippen molar-refractivity contribution in [2.45, 2.75) is 38.3 Å². The molecule has 0 bridgehead atoms. The zero-order valence-corrected chi connectivity index (χ0v) is 9.29. The van der Waals surface area contributed by atoms with Crippen molar-refractivity contribution >= 4 is 6.09 Å². The van der Waals surface area contributed by atoms with Gasteiger partial charge in [-0.1, -0.05) is 0 Å². The molecular formula is C10H16N2O3. The number of nitrogens with zero attached hydrogens (tertiary/aromatic N) is 1. The molecule has 1 amide bonds. The lowest BCUT2D eigenvalue weighted by Gasteiger charge is -2.24. The quantitative estimate of drug-likeness (QED) is 0.708. The predicted molar refractivity (Wildman–Crippen MR) is 53.1 cm³/mol. The summed E-state index contributed by atoms with van der Waals surface area (Å²) in [6.07, 6.45) is -0.0718. The van der Waals surface area contributed by atoms with Crippen molar-refractivity contribution in [3.63, 3.8) is 0 Å². The second kappa shape index (κ2) is 4.07. The molecule has 0 spiro atoms. The number of nitriles is 1. The standard InChI is InChI=1S/C10H16N2O3/c1-9(2,3)15-8(13)12-10(6-11)4-5-14-7-10/h4-5,7H2,1-3H3,(H,12,13)/t10-/m0/s1. The Morgan fingerprint density at radius 2 is 2.27 bits per heavy atom. The summed E-state index contributed by atoms with van der Waals surface area (Å²) in [5.74, 6) is 0. The molecule has 84 valence electrons. The van der Waals surface area contributed by atoms with Crippen LogP contribution in [0, 0.1) is 11.3 Å². The highest BCUT2D eigenvalue weighted by Crippen LogP contribution is 2.18. The van der Waals surface area contributed by atoms with Crippen molar-refractivity contribution in [1.29, 1.82) is 5.26 Å². The first kappa shape index (κ1) is 11.8. The maximum absolute atomic E-state index is 11.4. The lowest BCUT2D eigenvalue weighted by Crippen LogP contribution is -2.49. The second-order valence-electron chi connectivity index (χ2n) is 4.62. The molecule has 1 heterocycles. The minimum absolute atomic E-state index is 0.225. The molecule has 0 aliphatic carbocycles. The maximum atomic E-state index is 11.4. The van der Waals surface area contributed by atoms with E-state index in [9.17, 15) is 4.79 Å². The van der Waals surface area contributed by atoms with E-state index in [0.717, 1.165) is 0 Å². The average Bonchev–Trinajstić information content (AvgIpc) is 2.50. The van der Waals surface area contributed by atoms with Gasteiger partial charge in [-0.05, 0) is 20.8 Å². The summed E-state index contributed by atoms with van der Waals surface area (Å²) >= 11 is 0. The van der Waals surface area contributed by atoms with Crippen LogP contribution in [0.2, 0.25) is 0 Å². The predicted octanol–water partition coefficient (Wildman–Crippen LogP) is 1.19. The Bertz CT molecular complexity index is 282. The molecule has 5 heteroatoms. The number of hydrogen-bond acceptors (Lipinski definition) is 4. The third kappa shape index (κ3) is 3.40. The number of ether oxygens (including phenoxy) is 2. The maximum Gasteiger partial charge on any atom is 0.409 e. The largest absolute Gasteiger partial charge is 0.444 e. The Morgan fingerprint density at radius 3 is 2.67 bits per heavy atom. The first-order valence-corrected chi connectivity index (χ1v) is 4.87. The Labute approximate surface area is 89.3 Å². The number of nitrogens with one attached hydrogen (secondary N) is 1. The van der Waals surface area contributed by atoms with E-state index in [1.165, 1.54) is 0 Å². The van der Waals surface area contributed by atoms with Gasteiger partial charge in [-0.2, -0.15) is 5.26 Å². The summed E-state index contributed by atoms with van der Waals surface area (Å²) in [6.45, 7) is 6.04. The van der Waals surface area contributed by atoms with Crippen molar-refractivity contribution in [2.24, 2.45) is 0 Å². The molecular weight excluding hydrogens is 196 g/mol. The summed E-state index contributed by atoms with van der Waals surface area (Å²) in [5, 5.41) is 11.5. The van der Waals surface area contributed by atoms with Gasteiger partial charge in [0.15, 0.2) is 5.54 Å². The van der Waals surface area contributed by atoms with Crippen LogP contribution in [0.5, 0.6) is 0 Å². The molecule has 1 saturated heterocycles. The highest BCUT2D eigenvalue weighted by molar-refractivity contribution is 5.69. The highest BCUT2D eigenvalue weighted by Gasteiger charge is 2.37. The van der Waals surface area contributed by atoms with Gasteiger partial charge in [0.05, 0.1) is 19.3 Å². The zero-order chi connectivity index (χ0) is 11.5. The van der Waals surface area contributed by atoms with E-state index in [1.54, 1.807) is 20.8 Å². The van der Waals surface area contributed by atoms with Gasteiger partial charge in [-0.15, -0.1) is 0 Å². The topological polar surface area (TPSA) is 71.3 Å². The molecule has 1 fully saturated rings. The van der Waals surface area contributed by atoms with Gasteiger partial charge in [0.1, 0.15) is 5.60 Å². The highest BCUT2D eigenvalue weighted by atomic mass is 16.6. The smallest absolute Gasteiger partial charge is 0.409 e. The van der Waals surface area contributed by atoms with E-state index < -0.39 is 17.2 Å². The van der Waals surface area contributed by atoms with E-state index in [0.29, 0.717) is 13.0 Å². The van der Waals surface area contributed by atoms with Gasteiger partial charge in [-0.25, -0.2) is 4.79 Å². The van der Waals surface area contributed by atoms with E-state index >= 15 is 0 Å². The van der Waals surface area contributed by atoms with Crippen molar-refractivity contribution in [3.05, 3.63) is 0 Å². The van der Waals surface area contributed by atoms with Gasteiger partial charge in [0, 0.05) is 6.42 Å². The van der Waals surface area contributed by atoms with E-state index in [-0.39, 0.29) is 6.61 Å². The lowest BCUT2D eigenvalue weighted by atomic mass is 10.0.